The van der Waals surface area contributed by atoms with Gasteiger partial charge in [-0.25, -0.2) is 0 Å². The molecule has 1 aromatic carbocycles. The molecule has 1 nitrogen and oxygen atoms in total. The van der Waals surface area contributed by atoms with Crippen LogP contribution in [0.5, 0.6) is 0 Å². The summed E-state index contributed by atoms with van der Waals surface area (Å²) in [7, 11) is 0. The van der Waals surface area contributed by atoms with Gasteiger partial charge in [0.15, 0.2) is 0 Å². The summed E-state index contributed by atoms with van der Waals surface area (Å²) in [6, 6.07) is 8.30. The zero-order valence-corrected chi connectivity index (χ0v) is 11.3. The van der Waals surface area contributed by atoms with Gasteiger partial charge in [-0.2, -0.15) is 0 Å². The van der Waals surface area contributed by atoms with Crippen molar-refractivity contribution in [2.24, 2.45) is 5.92 Å². The lowest BCUT2D eigenvalue weighted by Crippen LogP contribution is -2.41. The van der Waals surface area contributed by atoms with E-state index in [1.807, 2.05) is 12.1 Å². The van der Waals surface area contributed by atoms with E-state index in [0.29, 0.717) is 5.92 Å². The van der Waals surface area contributed by atoms with Crippen LogP contribution in [0.3, 0.4) is 0 Å². The second-order valence-electron chi connectivity index (χ2n) is 5.05. The first-order chi connectivity index (χ1) is 7.60. The Hall–Kier alpha value is -0.340. The predicted molar refractivity (Wildman–Crippen MR) is 70.4 cm³/mol. The summed E-state index contributed by atoms with van der Waals surface area (Å²) >= 11 is 3.43. The second kappa shape index (κ2) is 4.89. The molecule has 0 saturated heterocycles. The predicted octanol–water partition coefficient (Wildman–Crippen LogP) is 3.93. The van der Waals surface area contributed by atoms with E-state index in [1.165, 1.54) is 12.0 Å². The lowest BCUT2D eigenvalue weighted by Gasteiger charge is -2.38. The van der Waals surface area contributed by atoms with Gasteiger partial charge in [-0.05, 0) is 36.5 Å². The van der Waals surface area contributed by atoms with Crippen LogP contribution in [0.25, 0.3) is 0 Å². The number of aliphatic hydroxyl groups is 1. The average Bonchev–Trinajstić information content (AvgIpc) is 2.26. The molecule has 1 aliphatic carbocycles. The summed E-state index contributed by atoms with van der Waals surface area (Å²) in [5, 5.41) is 10.7. The van der Waals surface area contributed by atoms with Crippen LogP contribution < -0.4 is 0 Å². The number of rotatable bonds is 2. The molecule has 16 heavy (non-hydrogen) atoms. The van der Waals surface area contributed by atoms with Crippen LogP contribution in [0.1, 0.15) is 38.2 Å². The van der Waals surface area contributed by atoms with E-state index in [2.05, 4.69) is 35.0 Å². The standard InChI is InChI=1S/C14H19BrO/c1-11-4-2-3-9-14(11,16)10-12-5-7-13(15)8-6-12/h5-8,11,16H,2-4,9-10H2,1H3. The molecular formula is C14H19BrO. The van der Waals surface area contributed by atoms with Crippen LogP contribution in [0.15, 0.2) is 28.7 Å². The molecule has 2 unspecified atom stereocenters. The molecule has 2 heteroatoms. The van der Waals surface area contributed by atoms with Crippen LogP contribution in [0.2, 0.25) is 0 Å². The fraction of sp³-hybridized carbons (Fsp3) is 0.571. The molecule has 0 amide bonds. The quantitative estimate of drug-likeness (QED) is 0.871. The lowest BCUT2D eigenvalue weighted by atomic mass is 9.73. The van der Waals surface area contributed by atoms with Gasteiger partial charge in [0.05, 0.1) is 5.60 Å². The van der Waals surface area contributed by atoms with Gasteiger partial charge in [0.1, 0.15) is 0 Å². The highest BCUT2D eigenvalue weighted by Crippen LogP contribution is 2.36. The third kappa shape index (κ3) is 2.67. The Balaban J connectivity index is 2.10. The monoisotopic (exact) mass is 282 g/mol. The van der Waals surface area contributed by atoms with E-state index in [0.717, 1.165) is 30.2 Å². The maximum absolute atomic E-state index is 10.7. The van der Waals surface area contributed by atoms with Crippen molar-refractivity contribution < 1.29 is 5.11 Å². The van der Waals surface area contributed by atoms with Gasteiger partial charge in [0, 0.05) is 10.9 Å². The number of halogens is 1. The van der Waals surface area contributed by atoms with E-state index < -0.39 is 5.60 Å². The molecule has 0 heterocycles. The summed E-state index contributed by atoms with van der Waals surface area (Å²) in [6.07, 6.45) is 5.33. The molecule has 2 atom stereocenters. The molecule has 88 valence electrons. The van der Waals surface area contributed by atoms with E-state index in [4.69, 9.17) is 0 Å². The van der Waals surface area contributed by atoms with E-state index >= 15 is 0 Å². The Labute approximate surface area is 106 Å². The first-order valence-electron chi connectivity index (χ1n) is 6.07. The van der Waals surface area contributed by atoms with Gasteiger partial charge in [0.2, 0.25) is 0 Å². The topological polar surface area (TPSA) is 20.2 Å². The SMILES string of the molecule is CC1CCCCC1(O)Cc1ccc(Br)cc1. The largest absolute Gasteiger partial charge is 0.389 e. The smallest absolute Gasteiger partial charge is 0.0713 e. The van der Waals surface area contributed by atoms with Gasteiger partial charge in [0.25, 0.3) is 0 Å². The lowest BCUT2D eigenvalue weighted by molar-refractivity contribution is -0.0405. The first kappa shape index (κ1) is 12.1. The Morgan fingerprint density at radius 2 is 2.00 bits per heavy atom. The summed E-state index contributed by atoms with van der Waals surface area (Å²) in [4.78, 5) is 0. The average molecular weight is 283 g/mol. The zero-order valence-electron chi connectivity index (χ0n) is 9.75. The molecule has 0 spiro atoms. The van der Waals surface area contributed by atoms with Crippen molar-refractivity contribution in [3.8, 4) is 0 Å². The molecule has 1 fully saturated rings. The Kier molecular flexibility index (Phi) is 3.70. The summed E-state index contributed by atoms with van der Waals surface area (Å²) in [5.41, 5.74) is 0.756. The molecule has 2 rings (SSSR count). The van der Waals surface area contributed by atoms with Crippen molar-refractivity contribution in [1.82, 2.24) is 0 Å². The van der Waals surface area contributed by atoms with Crippen LogP contribution in [0.4, 0.5) is 0 Å². The van der Waals surface area contributed by atoms with Crippen molar-refractivity contribution in [1.29, 1.82) is 0 Å². The minimum atomic E-state index is -0.480. The molecule has 1 aliphatic rings. The highest BCUT2D eigenvalue weighted by Gasteiger charge is 2.35. The van der Waals surface area contributed by atoms with Crippen molar-refractivity contribution in [3.05, 3.63) is 34.3 Å². The van der Waals surface area contributed by atoms with Crippen LogP contribution >= 0.6 is 15.9 Å². The van der Waals surface area contributed by atoms with Gasteiger partial charge in [-0.15, -0.1) is 0 Å². The number of hydrogen-bond donors (Lipinski definition) is 1. The zero-order chi connectivity index (χ0) is 11.6. The second-order valence-corrected chi connectivity index (χ2v) is 5.97. The highest BCUT2D eigenvalue weighted by molar-refractivity contribution is 9.10. The van der Waals surface area contributed by atoms with Crippen LogP contribution in [0, 0.1) is 5.92 Å². The summed E-state index contributed by atoms with van der Waals surface area (Å²) in [6.45, 7) is 2.18. The Morgan fingerprint density at radius 3 is 2.62 bits per heavy atom. The van der Waals surface area contributed by atoms with Crippen molar-refractivity contribution in [3.63, 3.8) is 0 Å². The van der Waals surface area contributed by atoms with Gasteiger partial charge >= 0.3 is 0 Å². The fourth-order valence-electron chi connectivity index (χ4n) is 2.62. The highest BCUT2D eigenvalue weighted by atomic mass is 79.9. The minimum absolute atomic E-state index is 0.421. The third-order valence-electron chi connectivity index (χ3n) is 3.84. The van der Waals surface area contributed by atoms with E-state index in [-0.39, 0.29) is 0 Å². The fourth-order valence-corrected chi connectivity index (χ4v) is 2.88. The van der Waals surface area contributed by atoms with Gasteiger partial charge < -0.3 is 5.11 Å². The Bertz CT molecular complexity index is 346. The first-order valence-corrected chi connectivity index (χ1v) is 6.86. The molecular weight excluding hydrogens is 264 g/mol. The van der Waals surface area contributed by atoms with Crippen molar-refractivity contribution in [2.45, 2.75) is 44.6 Å². The van der Waals surface area contributed by atoms with Crippen LogP contribution in [-0.2, 0) is 6.42 Å². The van der Waals surface area contributed by atoms with Gasteiger partial charge in [-0.1, -0.05) is 47.8 Å². The maximum atomic E-state index is 10.7. The third-order valence-corrected chi connectivity index (χ3v) is 4.37. The van der Waals surface area contributed by atoms with E-state index in [9.17, 15) is 5.11 Å². The molecule has 0 aromatic heterocycles. The van der Waals surface area contributed by atoms with E-state index in [1.54, 1.807) is 0 Å². The normalized spacial score (nSPS) is 30.3. The molecule has 1 aromatic rings. The number of benzene rings is 1. The van der Waals surface area contributed by atoms with Crippen molar-refractivity contribution in [2.75, 3.05) is 0 Å². The molecule has 0 bridgehead atoms. The molecule has 0 aliphatic heterocycles. The minimum Gasteiger partial charge on any atom is -0.389 e. The number of hydrogen-bond acceptors (Lipinski definition) is 1. The summed E-state index contributed by atoms with van der Waals surface area (Å²) in [5.74, 6) is 0.421. The summed E-state index contributed by atoms with van der Waals surface area (Å²) < 4.78 is 1.10. The molecule has 1 N–H and O–H groups in total. The van der Waals surface area contributed by atoms with Crippen LogP contribution in [-0.4, -0.2) is 10.7 Å². The Morgan fingerprint density at radius 1 is 1.31 bits per heavy atom. The molecule has 0 radical (unpaired) electrons. The van der Waals surface area contributed by atoms with Crippen molar-refractivity contribution >= 4 is 15.9 Å². The maximum Gasteiger partial charge on any atom is 0.0713 e. The van der Waals surface area contributed by atoms with Gasteiger partial charge in [-0.3, -0.25) is 0 Å². The molecule has 1 saturated carbocycles.